The maximum atomic E-state index is 5.60. The van der Waals surface area contributed by atoms with Gasteiger partial charge in [-0.1, -0.05) is 49.1 Å². The lowest BCUT2D eigenvalue weighted by Gasteiger charge is -2.08. The lowest BCUT2D eigenvalue weighted by atomic mass is 10.1. The van der Waals surface area contributed by atoms with Gasteiger partial charge in [-0.2, -0.15) is 0 Å². The number of benzene rings is 1. The first kappa shape index (κ1) is 16.9. The van der Waals surface area contributed by atoms with E-state index in [4.69, 9.17) is 4.42 Å². The second-order valence-corrected chi connectivity index (χ2v) is 7.92. The third-order valence-corrected chi connectivity index (χ3v) is 5.50. The molecule has 0 amide bonds. The molecule has 1 N–H and O–H groups in total. The fourth-order valence-corrected chi connectivity index (χ4v) is 3.60. The van der Waals surface area contributed by atoms with Crippen LogP contribution >= 0.6 is 23.1 Å². The van der Waals surface area contributed by atoms with Crippen molar-refractivity contribution in [3.63, 3.8) is 0 Å². The molecule has 0 aliphatic heterocycles. The molecule has 3 rings (SSSR count). The van der Waals surface area contributed by atoms with Crippen molar-refractivity contribution in [3.8, 4) is 0 Å². The van der Waals surface area contributed by atoms with Crippen LogP contribution in [0.4, 0.5) is 10.8 Å². The van der Waals surface area contributed by atoms with Crippen LogP contribution in [0.1, 0.15) is 42.7 Å². The van der Waals surface area contributed by atoms with E-state index in [0.29, 0.717) is 17.5 Å². The predicted molar refractivity (Wildman–Crippen MR) is 97.1 cm³/mol. The first-order valence-electron chi connectivity index (χ1n) is 7.64. The molecule has 0 aliphatic rings. The average Bonchev–Trinajstić information content (AvgIpc) is 3.19. The van der Waals surface area contributed by atoms with Gasteiger partial charge in [0.2, 0.25) is 16.9 Å². The van der Waals surface area contributed by atoms with Gasteiger partial charge in [0, 0.05) is 11.6 Å². The second-order valence-electron chi connectivity index (χ2n) is 5.72. The average molecular weight is 361 g/mol. The zero-order valence-electron chi connectivity index (χ0n) is 14.0. The van der Waals surface area contributed by atoms with E-state index in [1.807, 2.05) is 26.0 Å². The van der Waals surface area contributed by atoms with E-state index >= 15 is 0 Å². The van der Waals surface area contributed by atoms with E-state index in [2.05, 4.69) is 45.6 Å². The highest BCUT2D eigenvalue weighted by molar-refractivity contribution is 8.00. The number of rotatable bonds is 6. The quantitative estimate of drug-likeness (QED) is 0.638. The maximum absolute atomic E-state index is 5.60. The number of aryl methyl sites for hydroxylation is 1. The van der Waals surface area contributed by atoms with Gasteiger partial charge < -0.3 is 9.73 Å². The summed E-state index contributed by atoms with van der Waals surface area (Å²) in [6.07, 6.45) is 0. The summed E-state index contributed by atoms with van der Waals surface area (Å²) in [6.45, 7) is 8.24. The molecule has 2 heterocycles. The summed E-state index contributed by atoms with van der Waals surface area (Å²) in [6, 6.07) is 6.17. The third-order valence-electron chi connectivity index (χ3n) is 3.55. The SMILES string of the molecule is Cc1cccc(Nc2nnc(SCc3nnc(C(C)C)o3)s2)c1C. The molecule has 0 saturated carbocycles. The van der Waals surface area contributed by atoms with Crippen molar-refractivity contribution in [3.05, 3.63) is 41.1 Å². The van der Waals surface area contributed by atoms with E-state index in [0.717, 1.165) is 15.2 Å². The summed E-state index contributed by atoms with van der Waals surface area (Å²) >= 11 is 3.06. The van der Waals surface area contributed by atoms with Crippen molar-refractivity contribution in [1.82, 2.24) is 20.4 Å². The summed E-state index contributed by atoms with van der Waals surface area (Å²) in [4.78, 5) is 0. The van der Waals surface area contributed by atoms with E-state index in [9.17, 15) is 0 Å². The lowest BCUT2D eigenvalue weighted by Crippen LogP contribution is -1.94. The van der Waals surface area contributed by atoms with Crippen LogP contribution in [0.3, 0.4) is 0 Å². The molecule has 0 atom stereocenters. The summed E-state index contributed by atoms with van der Waals surface area (Å²) in [5.41, 5.74) is 3.52. The van der Waals surface area contributed by atoms with Gasteiger partial charge in [-0.15, -0.1) is 20.4 Å². The Morgan fingerprint density at radius 2 is 2.00 bits per heavy atom. The Kier molecular flexibility index (Phi) is 5.15. The number of thioether (sulfide) groups is 1. The fourth-order valence-electron chi connectivity index (χ4n) is 2.00. The molecule has 126 valence electrons. The van der Waals surface area contributed by atoms with Crippen LogP contribution in [-0.2, 0) is 5.75 Å². The van der Waals surface area contributed by atoms with Gasteiger partial charge in [0.15, 0.2) is 4.34 Å². The van der Waals surface area contributed by atoms with E-state index in [1.165, 1.54) is 22.5 Å². The first-order valence-corrected chi connectivity index (χ1v) is 9.45. The number of aromatic nitrogens is 4. The molecule has 0 saturated heterocycles. The van der Waals surface area contributed by atoms with Gasteiger partial charge in [0.05, 0.1) is 5.75 Å². The minimum atomic E-state index is 0.242. The van der Waals surface area contributed by atoms with Gasteiger partial charge in [0.1, 0.15) is 0 Å². The zero-order chi connectivity index (χ0) is 17.1. The summed E-state index contributed by atoms with van der Waals surface area (Å²) in [7, 11) is 0. The molecule has 8 heteroatoms. The van der Waals surface area contributed by atoms with E-state index in [1.54, 1.807) is 11.8 Å². The van der Waals surface area contributed by atoms with E-state index < -0.39 is 0 Å². The van der Waals surface area contributed by atoms with Crippen LogP contribution in [0.2, 0.25) is 0 Å². The lowest BCUT2D eigenvalue weighted by molar-refractivity contribution is 0.445. The Bertz CT molecular complexity index is 827. The smallest absolute Gasteiger partial charge is 0.226 e. The van der Waals surface area contributed by atoms with Crippen LogP contribution in [0.5, 0.6) is 0 Å². The molecule has 2 aromatic heterocycles. The molecule has 0 aliphatic carbocycles. The van der Waals surface area contributed by atoms with Crippen LogP contribution in [0.15, 0.2) is 27.0 Å². The van der Waals surface area contributed by atoms with Crippen LogP contribution in [0, 0.1) is 13.8 Å². The van der Waals surface area contributed by atoms with Crippen molar-refractivity contribution in [2.75, 3.05) is 5.32 Å². The van der Waals surface area contributed by atoms with Crippen molar-refractivity contribution in [2.24, 2.45) is 0 Å². The topological polar surface area (TPSA) is 76.7 Å². The number of nitrogens with one attached hydrogen (secondary N) is 1. The minimum Gasteiger partial charge on any atom is -0.424 e. The van der Waals surface area contributed by atoms with Gasteiger partial charge >= 0.3 is 0 Å². The van der Waals surface area contributed by atoms with Crippen molar-refractivity contribution < 1.29 is 4.42 Å². The monoisotopic (exact) mass is 361 g/mol. The van der Waals surface area contributed by atoms with Crippen LogP contribution in [0.25, 0.3) is 0 Å². The standard InChI is InChI=1S/C16H19N5OS2/c1-9(2)14-19-18-13(22-14)8-23-16-21-20-15(24-16)17-12-7-5-6-10(3)11(12)4/h5-7,9H,8H2,1-4H3,(H,17,20). The molecular weight excluding hydrogens is 342 g/mol. The predicted octanol–water partition coefficient (Wildman–Crippen LogP) is 4.70. The molecule has 24 heavy (non-hydrogen) atoms. The summed E-state index contributed by atoms with van der Waals surface area (Å²) in [5, 5.41) is 20.6. The summed E-state index contributed by atoms with van der Waals surface area (Å²) < 4.78 is 6.46. The number of anilines is 2. The second kappa shape index (κ2) is 7.31. The Hall–Kier alpha value is -1.93. The molecule has 0 unspecified atom stereocenters. The Morgan fingerprint density at radius 3 is 2.75 bits per heavy atom. The highest BCUT2D eigenvalue weighted by Gasteiger charge is 2.12. The number of hydrogen-bond donors (Lipinski definition) is 1. The molecule has 6 nitrogen and oxygen atoms in total. The number of hydrogen-bond acceptors (Lipinski definition) is 8. The molecule has 0 radical (unpaired) electrons. The highest BCUT2D eigenvalue weighted by Crippen LogP contribution is 2.31. The van der Waals surface area contributed by atoms with Crippen molar-refractivity contribution in [2.45, 2.75) is 43.7 Å². The maximum Gasteiger partial charge on any atom is 0.226 e. The molecule has 1 aromatic carbocycles. The molecular formula is C16H19N5OS2. The normalized spacial score (nSPS) is 11.2. The minimum absolute atomic E-state index is 0.242. The fraction of sp³-hybridized carbons (Fsp3) is 0.375. The largest absolute Gasteiger partial charge is 0.424 e. The van der Waals surface area contributed by atoms with Crippen LogP contribution in [-0.4, -0.2) is 20.4 Å². The highest BCUT2D eigenvalue weighted by atomic mass is 32.2. The zero-order valence-corrected chi connectivity index (χ0v) is 15.7. The molecule has 0 spiro atoms. The van der Waals surface area contributed by atoms with Gasteiger partial charge in [0.25, 0.3) is 0 Å². The molecule has 0 bridgehead atoms. The Balaban J connectivity index is 1.62. The van der Waals surface area contributed by atoms with Gasteiger partial charge in [-0.25, -0.2) is 0 Å². The third kappa shape index (κ3) is 3.93. The van der Waals surface area contributed by atoms with Gasteiger partial charge in [-0.3, -0.25) is 0 Å². The summed E-state index contributed by atoms with van der Waals surface area (Å²) in [5.74, 6) is 2.12. The van der Waals surface area contributed by atoms with Gasteiger partial charge in [-0.05, 0) is 31.0 Å². The molecule has 3 aromatic rings. The molecule has 0 fully saturated rings. The Labute approximate surface area is 149 Å². The van der Waals surface area contributed by atoms with E-state index in [-0.39, 0.29) is 5.92 Å². The van der Waals surface area contributed by atoms with Crippen molar-refractivity contribution >= 4 is 33.9 Å². The van der Waals surface area contributed by atoms with Crippen molar-refractivity contribution in [1.29, 1.82) is 0 Å². The Morgan fingerprint density at radius 1 is 1.17 bits per heavy atom. The van der Waals surface area contributed by atoms with Crippen LogP contribution < -0.4 is 5.32 Å². The number of nitrogens with zero attached hydrogens (tertiary/aromatic N) is 4. The first-order chi connectivity index (χ1) is 11.5.